The number of anilines is 2. The zero-order valence-corrected chi connectivity index (χ0v) is 10.4. The molecule has 0 radical (unpaired) electrons. The van der Waals surface area contributed by atoms with E-state index in [9.17, 15) is 0 Å². The van der Waals surface area contributed by atoms with Gasteiger partial charge in [0.1, 0.15) is 5.82 Å². The van der Waals surface area contributed by atoms with Crippen molar-refractivity contribution in [3.8, 4) is 0 Å². The second-order valence-electron chi connectivity index (χ2n) is 4.58. The number of rotatable bonds is 5. The minimum atomic E-state index is 0.00249. The predicted molar refractivity (Wildman–Crippen MR) is 67.6 cm³/mol. The molecule has 90 valence electrons. The van der Waals surface area contributed by atoms with Gasteiger partial charge in [-0.15, -0.1) is 0 Å². The van der Waals surface area contributed by atoms with Crippen molar-refractivity contribution in [3.63, 3.8) is 0 Å². The van der Waals surface area contributed by atoms with Crippen LogP contribution in [-0.4, -0.2) is 23.2 Å². The molecule has 1 rings (SSSR count). The van der Waals surface area contributed by atoms with E-state index in [0.29, 0.717) is 23.1 Å². The molecule has 1 aromatic heterocycles. The number of hydrogen-bond donors (Lipinski definition) is 3. The highest BCUT2D eigenvalue weighted by Gasteiger charge is 2.17. The van der Waals surface area contributed by atoms with Crippen LogP contribution in [0, 0.1) is 5.41 Å². The molecule has 0 unspecified atom stereocenters. The van der Waals surface area contributed by atoms with E-state index < -0.39 is 0 Å². The lowest BCUT2D eigenvalue weighted by Gasteiger charge is -2.24. The van der Waals surface area contributed by atoms with Crippen LogP contribution in [0.3, 0.4) is 0 Å². The molecule has 0 aliphatic carbocycles. The van der Waals surface area contributed by atoms with Crippen LogP contribution >= 0.6 is 11.6 Å². The molecule has 4 N–H and O–H groups in total. The minimum Gasteiger partial charge on any atom is -0.396 e. The van der Waals surface area contributed by atoms with Gasteiger partial charge in [-0.05, 0) is 17.9 Å². The Morgan fingerprint density at radius 1 is 1.56 bits per heavy atom. The molecule has 0 aliphatic rings. The second-order valence-corrected chi connectivity index (χ2v) is 5.02. The van der Waals surface area contributed by atoms with Crippen molar-refractivity contribution in [2.45, 2.75) is 20.3 Å². The third-order valence-corrected chi connectivity index (χ3v) is 2.61. The van der Waals surface area contributed by atoms with Crippen LogP contribution < -0.4 is 11.1 Å². The smallest absolute Gasteiger partial charge is 0.149 e. The maximum atomic E-state index is 8.90. The van der Waals surface area contributed by atoms with Gasteiger partial charge in [0.15, 0.2) is 0 Å². The quantitative estimate of drug-likeness (QED) is 0.741. The number of nitrogens with zero attached hydrogens (tertiary/aromatic N) is 1. The Labute approximate surface area is 101 Å². The van der Waals surface area contributed by atoms with E-state index in [2.05, 4.69) is 24.1 Å². The summed E-state index contributed by atoms with van der Waals surface area (Å²) in [5, 5.41) is 12.6. The van der Waals surface area contributed by atoms with E-state index in [1.165, 1.54) is 0 Å². The average Bonchev–Trinajstić information content (AvgIpc) is 2.16. The van der Waals surface area contributed by atoms with Gasteiger partial charge in [0.2, 0.25) is 0 Å². The normalized spacial score (nSPS) is 11.5. The summed E-state index contributed by atoms with van der Waals surface area (Å²) >= 11 is 5.75. The largest absolute Gasteiger partial charge is 0.396 e. The molecule has 0 atom stereocenters. The highest BCUT2D eigenvalue weighted by molar-refractivity contribution is 6.30. The first kappa shape index (κ1) is 13.1. The molecule has 0 saturated carbocycles. The van der Waals surface area contributed by atoms with Crippen molar-refractivity contribution in [1.29, 1.82) is 0 Å². The van der Waals surface area contributed by atoms with Crippen LogP contribution in [0.25, 0.3) is 0 Å². The first-order chi connectivity index (χ1) is 7.44. The lowest BCUT2D eigenvalue weighted by atomic mass is 9.90. The van der Waals surface area contributed by atoms with Crippen LogP contribution in [0.5, 0.6) is 0 Å². The third kappa shape index (κ3) is 3.87. The number of hydrogen-bond acceptors (Lipinski definition) is 4. The van der Waals surface area contributed by atoms with Gasteiger partial charge in [-0.2, -0.15) is 0 Å². The van der Waals surface area contributed by atoms with Gasteiger partial charge in [0.25, 0.3) is 0 Å². The van der Waals surface area contributed by atoms with Gasteiger partial charge in [0, 0.05) is 19.3 Å². The summed E-state index contributed by atoms with van der Waals surface area (Å²) in [5.41, 5.74) is 6.30. The molecule has 5 heteroatoms. The highest BCUT2D eigenvalue weighted by atomic mass is 35.5. The molecule has 0 saturated heterocycles. The first-order valence-electron chi connectivity index (χ1n) is 5.20. The minimum absolute atomic E-state index is 0.00249. The lowest BCUT2D eigenvalue weighted by Crippen LogP contribution is -2.25. The van der Waals surface area contributed by atoms with Gasteiger partial charge < -0.3 is 16.2 Å². The van der Waals surface area contributed by atoms with Crippen molar-refractivity contribution in [3.05, 3.63) is 17.3 Å². The summed E-state index contributed by atoms with van der Waals surface area (Å²) in [7, 11) is 0. The number of nitrogens with two attached hydrogens (primary N) is 1. The van der Waals surface area contributed by atoms with Crippen molar-refractivity contribution >= 4 is 23.1 Å². The van der Waals surface area contributed by atoms with Crippen molar-refractivity contribution < 1.29 is 5.11 Å². The monoisotopic (exact) mass is 243 g/mol. The zero-order valence-electron chi connectivity index (χ0n) is 9.63. The molecule has 0 amide bonds. The Bertz CT molecular complexity index is 355. The molecule has 0 bridgehead atoms. The van der Waals surface area contributed by atoms with Gasteiger partial charge in [-0.3, -0.25) is 0 Å². The van der Waals surface area contributed by atoms with Gasteiger partial charge in [-0.25, -0.2) is 4.98 Å². The molecule has 4 nitrogen and oxygen atoms in total. The Kier molecular flexibility index (Phi) is 4.38. The number of nitrogens with one attached hydrogen (secondary N) is 1. The molecule has 0 fully saturated rings. The number of nitrogen functional groups attached to an aromatic ring is 1. The summed E-state index contributed by atoms with van der Waals surface area (Å²) in [6.45, 7) is 5.02. The highest BCUT2D eigenvalue weighted by Crippen LogP contribution is 2.23. The summed E-state index contributed by atoms with van der Waals surface area (Å²) in [4.78, 5) is 4.11. The molecule has 1 aromatic rings. The van der Waals surface area contributed by atoms with Gasteiger partial charge >= 0.3 is 0 Å². The molecule has 0 aromatic carbocycles. The van der Waals surface area contributed by atoms with Crippen molar-refractivity contribution in [1.82, 2.24) is 4.98 Å². The zero-order chi connectivity index (χ0) is 12.2. The van der Waals surface area contributed by atoms with E-state index in [1.807, 2.05) is 0 Å². The molecule has 0 aliphatic heterocycles. The number of pyridine rings is 1. The van der Waals surface area contributed by atoms with E-state index in [1.54, 1.807) is 12.3 Å². The van der Waals surface area contributed by atoms with Crippen LogP contribution in [0.15, 0.2) is 12.3 Å². The number of halogens is 1. The molecular formula is C11H18ClN3O. The van der Waals surface area contributed by atoms with Crippen molar-refractivity contribution in [2.75, 3.05) is 24.2 Å². The maximum Gasteiger partial charge on any atom is 0.149 e. The number of aliphatic hydroxyl groups is 1. The van der Waals surface area contributed by atoms with Crippen LogP contribution in [0.1, 0.15) is 20.3 Å². The average molecular weight is 244 g/mol. The van der Waals surface area contributed by atoms with Gasteiger partial charge in [0.05, 0.1) is 10.7 Å². The topological polar surface area (TPSA) is 71.2 Å². The standard InChI is InChI=1S/C11H18ClN3O/c1-11(2,3-4-16)7-15-10-9(13)5-8(12)6-14-10/h5-6,16H,3-4,7,13H2,1-2H3,(H,14,15). The summed E-state index contributed by atoms with van der Waals surface area (Å²) < 4.78 is 0. The second kappa shape index (κ2) is 5.37. The summed E-state index contributed by atoms with van der Waals surface area (Å²) in [6, 6.07) is 1.66. The number of aromatic nitrogens is 1. The van der Waals surface area contributed by atoms with Crippen LogP contribution in [0.2, 0.25) is 5.02 Å². The number of aliphatic hydroxyl groups excluding tert-OH is 1. The predicted octanol–water partition coefficient (Wildman–Crippen LogP) is 2.14. The molecular weight excluding hydrogens is 226 g/mol. The molecule has 1 heterocycles. The fourth-order valence-corrected chi connectivity index (χ4v) is 1.48. The molecule has 0 spiro atoms. The SMILES string of the molecule is CC(C)(CCO)CNc1ncc(Cl)cc1N. The van der Waals surface area contributed by atoms with Gasteiger partial charge in [-0.1, -0.05) is 25.4 Å². The Morgan fingerprint density at radius 2 is 2.25 bits per heavy atom. The fraction of sp³-hybridized carbons (Fsp3) is 0.545. The fourth-order valence-electron chi connectivity index (χ4n) is 1.32. The Morgan fingerprint density at radius 3 is 2.81 bits per heavy atom. The lowest BCUT2D eigenvalue weighted by molar-refractivity contribution is 0.220. The Balaban J connectivity index is 2.61. The van der Waals surface area contributed by atoms with E-state index >= 15 is 0 Å². The van der Waals surface area contributed by atoms with Crippen LogP contribution in [-0.2, 0) is 0 Å². The van der Waals surface area contributed by atoms with E-state index in [4.69, 9.17) is 22.4 Å². The van der Waals surface area contributed by atoms with Crippen molar-refractivity contribution in [2.24, 2.45) is 5.41 Å². The Hall–Kier alpha value is -1.00. The molecule has 16 heavy (non-hydrogen) atoms. The third-order valence-electron chi connectivity index (χ3n) is 2.41. The summed E-state index contributed by atoms with van der Waals surface area (Å²) in [5.74, 6) is 0.635. The first-order valence-corrected chi connectivity index (χ1v) is 5.58. The van der Waals surface area contributed by atoms with Crippen LogP contribution in [0.4, 0.5) is 11.5 Å². The van der Waals surface area contributed by atoms with E-state index in [0.717, 1.165) is 6.42 Å². The summed E-state index contributed by atoms with van der Waals surface area (Å²) in [6.07, 6.45) is 2.28. The van der Waals surface area contributed by atoms with E-state index in [-0.39, 0.29) is 12.0 Å². The maximum absolute atomic E-state index is 8.90.